The van der Waals surface area contributed by atoms with Crippen molar-refractivity contribution in [1.29, 1.82) is 0 Å². The standard InChI is InChI=1S/C8H16N2O2/c1-3-7-6-9(2)4-5-10(7)8(11)12/h7H,3-6H2,1-2H3,(H,11,12)/t7-/m0/s1. The molecule has 1 atom stereocenters. The largest absolute Gasteiger partial charge is 0.465 e. The summed E-state index contributed by atoms with van der Waals surface area (Å²) in [6.45, 7) is 4.38. The van der Waals surface area contributed by atoms with Crippen LogP contribution in [0.3, 0.4) is 0 Å². The van der Waals surface area contributed by atoms with Gasteiger partial charge in [-0.05, 0) is 13.5 Å². The summed E-state index contributed by atoms with van der Waals surface area (Å²) in [4.78, 5) is 14.5. The van der Waals surface area contributed by atoms with E-state index in [2.05, 4.69) is 4.90 Å². The van der Waals surface area contributed by atoms with Crippen LogP contribution in [0.25, 0.3) is 0 Å². The maximum absolute atomic E-state index is 10.7. The van der Waals surface area contributed by atoms with Crippen molar-refractivity contribution in [2.24, 2.45) is 0 Å². The van der Waals surface area contributed by atoms with Gasteiger partial charge in [0, 0.05) is 25.7 Å². The first-order valence-electron chi connectivity index (χ1n) is 4.33. The molecular formula is C8H16N2O2. The monoisotopic (exact) mass is 172 g/mol. The Balaban J connectivity index is 2.56. The zero-order chi connectivity index (χ0) is 9.14. The first-order chi connectivity index (χ1) is 5.65. The van der Waals surface area contributed by atoms with Gasteiger partial charge in [0.25, 0.3) is 0 Å². The predicted octanol–water partition coefficient (Wildman–Crippen LogP) is 0.690. The van der Waals surface area contributed by atoms with Gasteiger partial charge in [-0.3, -0.25) is 0 Å². The fraction of sp³-hybridized carbons (Fsp3) is 0.875. The van der Waals surface area contributed by atoms with Crippen LogP contribution in [0.2, 0.25) is 0 Å². The topological polar surface area (TPSA) is 43.8 Å². The van der Waals surface area contributed by atoms with Crippen molar-refractivity contribution in [2.75, 3.05) is 26.7 Å². The Kier molecular flexibility index (Phi) is 2.92. The van der Waals surface area contributed by atoms with E-state index in [0.29, 0.717) is 6.54 Å². The zero-order valence-corrected chi connectivity index (χ0v) is 7.66. The molecule has 0 saturated carbocycles. The fourth-order valence-corrected chi connectivity index (χ4v) is 1.61. The summed E-state index contributed by atoms with van der Waals surface area (Å²) >= 11 is 0. The van der Waals surface area contributed by atoms with Crippen molar-refractivity contribution in [3.63, 3.8) is 0 Å². The minimum Gasteiger partial charge on any atom is -0.465 e. The Morgan fingerprint density at radius 3 is 2.75 bits per heavy atom. The number of carbonyl (C=O) groups is 1. The highest BCUT2D eigenvalue weighted by Gasteiger charge is 2.26. The summed E-state index contributed by atoms with van der Waals surface area (Å²) in [5.74, 6) is 0. The van der Waals surface area contributed by atoms with Crippen LogP contribution in [-0.2, 0) is 0 Å². The molecule has 0 unspecified atom stereocenters. The number of likely N-dealkylation sites (N-methyl/N-ethyl adjacent to an activating group) is 1. The van der Waals surface area contributed by atoms with E-state index in [0.717, 1.165) is 19.5 Å². The summed E-state index contributed by atoms with van der Waals surface area (Å²) in [6.07, 6.45) is 0.117. The van der Waals surface area contributed by atoms with Crippen molar-refractivity contribution in [3.8, 4) is 0 Å². The van der Waals surface area contributed by atoms with Gasteiger partial charge in [0.2, 0.25) is 0 Å². The van der Waals surface area contributed by atoms with Crippen molar-refractivity contribution >= 4 is 6.09 Å². The lowest BCUT2D eigenvalue weighted by atomic mass is 10.1. The highest BCUT2D eigenvalue weighted by Crippen LogP contribution is 2.11. The molecule has 12 heavy (non-hydrogen) atoms. The van der Waals surface area contributed by atoms with Gasteiger partial charge in [0.1, 0.15) is 0 Å². The van der Waals surface area contributed by atoms with E-state index in [1.54, 1.807) is 4.90 Å². The van der Waals surface area contributed by atoms with Crippen LogP contribution in [0.4, 0.5) is 4.79 Å². The smallest absolute Gasteiger partial charge is 0.407 e. The van der Waals surface area contributed by atoms with Crippen LogP contribution in [0.5, 0.6) is 0 Å². The van der Waals surface area contributed by atoms with Crippen molar-refractivity contribution in [2.45, 2.75) is 19.4 Å². The molecule has 0 aliphatic carbocycles. The van der Waals surface area contributed by atoms with Gasteiger partial charge < -0.3 is 14.9 Å². The molecule has 0 spiro atoms. The van der Waals surface area contributed by atoms with Crippen LogP contribution in [0.1, 0.15) is 13.3 Å². The molecule has 1 aliphatic rings. The summed E-state index contributed by atoms with van der Waals surface area (Å²) < 4.78 is 0. The molecule has 4 heteroatoms. The number of hydrogen-bond donors (Lipinski definition) is 1. The molecule has 1 aliphatic heterocycles. The molecule has 70 valence electrons. The predicted molar refractivity (Wildman–Crippen MR) is 46.3 cm³/mol. The molecule has 0 bridgehead atoms. The Bertz CT molecular complexity index is 172. The second-order valence-corrected chi connectivity index (χ2v) is 3.30. The first-order valence-corrected chi connectivity index (χ1v) is 4.33. The molecule has 0 radical (unpaired) electrons. The second-order valence-electron chi connectivity index (χ2n) is 3.30. The minimum absolute atomic E-state index is 0.182. The van der Waals surface area contributed by atoms with Gasteiger partial charge in [-0.1, -0.05) is 6.92 Å². The molecule has 1 amide bonds. The van der Waals surface area contributed by atoms with Gasteiger partial charge in [0.05, 0.1) is 0 Å². The third-order valence-electron chi connectivity index (χ3n) is 2.40. The zero-order valence-electron chi connectivity index (χ0n) is 7.66. The van der Waals surface area contributed by atoms with Gasteiger partial charge in [0.15, 0.2) is 0 Å². The maximum Gasteiger partial charge on any atom is 0.407 e. The van der Waals surface area contributed by atoms with E-state index in [9.17, 15) is 4.79 Å². The molecular weight excluding hydrogens is 156 g/mol. The molecule has 1 N–H and O–H groups in total. The number of nitrogens with zero attached hydrogens (tertiary/aromatic N) is 2. The molecule has 0 aromatic rings. The third kappa shape index (κ3) is 1.88. The van der Waals surface area contributed by atoms with E-state index < -0.39 is 6.09 Å². The van der Waals surface area contributed by atoms with Crippen LogP contribution >= 0.6 is 0 Å². The molecule has 1 fully saturated rings. The average molecular weight is 172 g/mol. The summed E-state index contributed by atoms with van der Waals surface area (Å²) in [7, 11) is 2.03. The molecule has 1 rings (SSSR count). The van der Waals surface area contributed by atoms with E-state index in [1.165, 1.54) is 0 Å². The van der Waals surface area contributed by atoms with Crippen molar-refractivity contribution in [3.05, 3.63) is 0 Å². The SMILES string of the molecule is CC[C@H]1CN(C)CCN1C(=O)O. The Morgan fingerprint density at radius 1 is 1.58 bits per heavy atom. The van der Waals surface area contributed by atoms with Gasteiger partial charge >= 0.3 is 6.09 Å². The normalized spacial score (nSPS) is 25.8. The number of amides is 1. The van der Waals surface area contributed by atoms with E-state index in [1.807, 2.05) is 14.0 Å². The van der Waals surface area contributed by atoms with Crippen molar-refractivity contribution in [1.82, 2.24) is 9.80 Å². The maximum atomic E-state index is 10.7. The number of rotatable bonds is 1. The van der Waals surface area contributed by atoms with Crippen LogP contribution < -0.4 is 0 Å². The highest BCUT2D eigenvalue weighted by molar-refractivity contribution is 5.65. The quantitative estimate of drug-likeness (QED) is 0.633. The lowest BCUT2D eigenvalue weighted by Gasteiger charge is -2.37. The lowest BCUT2D eigenvalue weighted by Crippen LogP contribution is -2.53. The minimum atomic E-state index is -0.782. The summed E-state index contributed by atoms with van der Waals surface area (Å²) in [5, 5.41) is 8.83. The summed E-state index contributed by atoms with van der Waals surface area (Å²) in [5.41, 5.74) is 0. The van der Waals surface area contributed by atoms with E-state index in [-0.39, 0.29) is 6.04 Å². The first kappa shape index (κ1) is 9.32. The molecule has 0 aromatic carbocycles. The van der Waals surface area contributed by atoms with Crippen LogP contribution in [0.15, 0.2) is 0 Å². The average Bonchev–Trinajstić information content (AvgIpc) is 2.03. The fourth-order valence-electron chi connectivity index (χ4n) is 1.61. The number of piperazine rings is 1. The lowest BCUT2D eigenvalue weighted by molar-refractivity contribution is 0.0762. The van der Waals surface area contributed by atoms with E-state index in [4.69, 9.17) is 5.11 Å². The Morgan fingerprint density at radius 2 is 2.25 bits per heavy atom. The summed E-state index contributed by atoms with van der Waals surface area (Å²) in [6, 6.07) is 0.182. The Hall–Kier alpha value is -0.770. The van der Waals surface area contributed by atoms with E-state index >= 15 is 0 Å². The Labute approximate surface area is 72.8 Å². The highest BCUT2D eigenvalue weighted by atomic mass is 16.4. The van der Waals surface area contributed by atoms with Gasteiger partial charge in [-0.15, -0.1) is 0 Å². The van der Waals surface area contributed by atoms with Gasteiger partial charge in [-0.2, -0.15) is 0 Å². The molecule has 1 heterocycles. The van der Waals surface area contributed by atoms with Gasteiger partial charge in [-0.25, -0.2) is 4.79 Å². The number of hydrogen-bond acceptors (Lipinski definition) is 2. The second kappa shape index (κ2) is 3.76. The van der Waals surface area contributed by atoms with Crippen LogP contribution in [0, 0.1) is 0 Å². The molecule has 1 saturated heterocycles. The molecule has 4 nitrogen and oxygen atoms in total. The van der Waals surface area contributed by atoms with Crippen LogP contribution in [-0.4, -0.2) is 53.7 Å². The third-order valence-corrected chi connectivity index (χ3v) is 2.40. The number of carboxylic acid groups (broad SMARTS) is 1. The van der Waals surface area contributed by atoms with Crippen molar-refractivity contribution < 1.29 is 9.90 Å². The molecule has 0 aromatic heterocycles.